The Morgan fingerprint density at radius 2 is 1.82 bits per heavy atom. The summed E-state index contributed by atoms with van der Waals surface area (Å²) in [4.78, 5) is 28.3. The van der Waals surface area contributed by atoms with Crippen LogP contribution in [0.1, 0.15) is 50.2 Å². The number of quaternary nitrogens is 1. The molecule has 4 saturated heterocycles. The zero-order valence-corrected chi connectivity index (χ0v) is 22.7. The molecule has 0 N–H and O–H groups in total. The molecule has 0 radical (unpaired) electrons. The van der Waals surface area contributed by atoms with E-state index < -0.39 is 5.54 Å². The number of ether oxygens (including phenoxy) is 1. The summed E-state index contributed by atoms with van der Waals surface area (Å²) >= 11 is 0. The third-order valence-electron chi connectivity index (χ3n) is 9.75. The Morgan fingerprint density at radius 1 is 1.08 bits per heavy atom. The average molecular weight is 519 g/mol. The van der Waals surface area contributed by atoms with Crippen LogP contribution in [0.25, 0.3) is 11.1 Å². The number of hydrogen-bond donors (Lipinski definition) is 0. The highest BCUT2D eigenvalue weighted by Gasteiger charge is 2.50. The van der Waals surface area contributed by atoms with Gasteiger partial charge in [0.15, 0.2) is 11.7 Å². The van der Waals surface area contributed by atoms with Crippen LogP contribution in [0.3, 0.4) is 0 Å². The predicted octanol–water partition coefficient (Wildman–Crippen LogP) is 4.23. The number of rotatable bonds is 7. The highest BCUT2D eigenvalue weighted by Crippen LogP contribution is 2.39. The second-order valence-electron chi connectivity index (χ2n) is 11.9. The Labute approximate surface area is 224 Å². The van der Waals surface area contributed by atoms with Crippen molar-refractivity contribution in [1.29, 1.82) is 0 Å². The molecule has 7 rings (SSSR count). The van der Waals surface area contributed by atoms with Crippen molar-refractivity contribution in [3.63, 3.8) is 0 Å². The molecule has 0 saturated carbocycles. The molecule has 4 aliphatic rings. The molecular weight excluding hydrogens is 478 g/mol. The maximum atomic E-state index is 14.0. The van der Waals surface area contributed by atoms with E-state index in [-0.39, 0.29) is 17.8 Å². The lowest BCUT2D eigenvalue weighted by Gasteiger charge is -2.53. The van der Waals surface area contributed by atoms with Gasteiger partial charge in [-0.15, -0.1) is 0 Å². The zero-order chi connectivity index (χ0) is 26.3. The minimum atomic E-state index is -0.756. The van der Waals surface area contributed by atoms with E-state index in [1.165, 1.54) is 12.0 Å². The average Bonchev–Trinajstić information content (AvgIpc) is 3.25. The summed E-state index contributed by atoms with van der Waals surface area (Å²) in [6.07, 6.45) is 6.57. The van der Waals surface area contributed by atoms with Crippen molar-refractivity contribution >= 4 is 17.1 Å². The van der Waals surface area contributed by atoms with Crippen LogP contribution in [-0.4, -0.2) is 65.3 Å². The maximum Gasteiger partial charge on any atom is 0.419 e. The number of fused-ring (bicyclic) bond motifs is 4. The summed E-state index contributed by atoms with van der Waals surface area (Å²) < 4.78 is 14.5. The van der Waals surface area contributed by atoms with Crippen LogP contribution in [0.4, 0.5) is 0 Å². The molecule has 4 fully saturated rings. The number of oxazole rings is 1. The van der Waals surface area contributed by atoms with Gasteiger partial charge < -0.3 is 13.6 Å². The Kier molecular flexibility index (Phi) is 6.68. The van der Waals surface area contributed by atoms with Crippen LogP contribution < -0.4 is 5.76 Å². The van der Waals surface area contributed by atoms with Gasteiger partial charge in [-0.1, -0.05) is 42.8 Å². The molecule has 7 heteroatoms. The molecule has 1 aromatic heterocycles. The number of nitrogens with zero attached hydrogens (tertiary/aromatic N) is 3. The summed E-state index contributed by atoms with van der Waals surface area (Å²) in [6.45, 7) is 8.11. The smallest absolute Gasteiger partial charge is 0.419 e. The minimum Gasteiger partial charge on any atom is -0.454 e. The Hall–Kier alpha value is -2.90. The summed E-state index contributed by atoms with van der Waals surface area (Å²) in [6, 6.07) is 16.3. The molecule has 4 aliphatic heterocycles. The van der Waals surface area contributed by atoms with Crippen molar-refractivity contribution in [2.75, 3.05) is 39.3 Å². The van der Waals surface area contributed by atoms with Gasteiger partial charge in [0.25, 0.3) is 0 Å². The molecule has 38 heavy (non-hydrogen) atoms. The topological polar surface area (TPSA) is 64.7 Å². The molecule has 202 valence electrons. The number of esters is 1. The van der Waals surface area contributed by atoms with Gasteiger partial charge in [-0.2, -0.15) is 0 Å². The van der Waals surface area contributed by atoms with E-state index in [4.69, 9.17) is 9.15 Å². The number of carbonyl (C=O) groups is 1. The maximum absolute atomic E-state index is 14.0. The van der Waals surface area contributed by atoms with Gasteiger partial charge in [0, 0.05) is 32.2 Å². The molecule has 5 heterocycles. The molecule has 7 nitrogen and oxygen atoms in total. The van der Waals surface area contributed by atoms with Crippen LogP contribution in [0.5, 0.6) is 0 Å². The highest BCUT2D eigenvalue weighted by atomic mass is 16.5. The van der Waals surface area contributed by atoms with E-state index in [0.717, 1.165) is 86.9 Å². The first-order chi connectivity index (χ1) is 18.4. The van der Waals surface area contributed by atoms with Crippen LogP contribution in [0.15, 0.2) is 57.7 Å². The molecule has 3 aromatic rings. The fraction of sp³-hybridized carbons (Fsp3) is 0.548. The van der Waals surface area contributed by atoms with Gasteiger partial charge >= 0.3 is 11.7 Å². The van der Waals surface area contributed by atoms with E-state index in [1.54, 1.807) is 11.6 Å². The Morgan fingerprint density at radius 3 is 2.55 bits per heavy atom. The quantitative estimate of drug-likeness (QED) is 0.346. The second-order valence-corrected chi connectivity index (χ2v) is 11.9. The molecule has 0 spiro atoms. The van der Waals surface area contributed by atoms with Crippen molar-refractivity contribution in [2.24, 2.45) is 13.0 Å². The largest absolute Gasteiger partial charge is 0.454 e. The van der Waals surface area contributed by atoms with Crippen LogP contribution in [0, 0.1) is 5.92 Å². The second kappa shape index (κ2) is 10.0. The van der Waals surface area contributed by atoms with Gasteiger partial charge in [0.05, 0.1) is 25.2 Å². The number of likely N-dealkylation sites (tertiary alicyclic amines) is 1. The summed E-state index contributed by atoms with van der Waals surface area (Å²) in [5, 5.41) is 0. The first kappa shape index (κ1) is 25.4. The normalized spacial score (nSPS) is 27.3. The fourth-order valence-electron chi connectivity index (χ4n) is 7.15. The van der Waals surface area contributed by atoms with Gasteiger partial charge in [-0.05, 0) is 56.1 Å². The van der Waals surface area contributed by atoms with E-state index in [1.807, 2.05) is 30.3 Å². The lowest BCUT2D eigenvalue weighted by Crippen LogP contribution is -2.65. The lowest BCUT2D eigenvalue weighted by atomic mass is 9.82. The molecule has 0 unspecified atom stereocenters. The van der Waals surface area contributed by atoms with Gasteiger partial charge in [0.1, 0.15) is 12.1 Å². The number of carbonyl (C=O) groups excluding carboxylic acids is 1. The van der Waals surface area contributed by atoms with Crippen molar-refractivity contribution in [3.8, 4) is 0 Å². The number of hydrogen-bond acceptors (Lipinski definition) is 5. The molecular formula is C31H40N3O4+. The van der Waals surface area contributed by atoms with Crippen molar-refractivity contribution in [3.05, 3.63) is 70.2 Å². The van der Waals surface area contributed by atoms with Crippen molar-refractivity contribution in [1.82, 2.24) is 9.47 Å². The summed E-state index contributed by atoms with van der Waals surface area (Å²) in [5.41, 5.74) is 2.93. The SMILES string of the molecule is Cn1c(=O)oc2cc(CC[N+]34CCC(CC3)[C@@H](OC(=O)[C@](C)(c3ccccc3)N3CCCCC3)C4)ccc21. The van der Waals surface area contributed by atoms with Crippen molar-refractivity contribution < 1.29 is 18.4 Å². The first-order valence-corrected chi connectivity index (χ1v) is 14.3. The van der Waals surface area contributed by atoms with E-state index in [0.29, 0.717) is 11.5 Å². The molecule has 0 aliphatic carbocycles. The van der Waals surface area contributed by atoms with E-state index >= 15 is 0 Å². The number of piperidine rings is 4. The first-order valence-electron chi connectivity index (χ1n) is 14.3. The summed E-state index contributed by atoms with van der Waals surface area (Å²) in [5.74, 6) is 0.0381. The molecule has 2 bridgehead atoms. The third-order valence-corrected chi connectivity index (χ3v) is 9.75. The fourth-order valence-corrected chi connectivity index (χ4v) is 7.15. The number of aryl methyl sites for hydroxylation is 1. The van der Waals surface area contributed by atoms with Crippen molar-refractivity contribution in [2.45, 2.75) is 57.1 Å². The molecule has 2 atom stereocenters. The van der Waals surface area contributed by atoms with Crippen LogP contribution in [0.2, 0.25) is 0 Å². The highest BCUT2D eigenvalue weighted by molar-refractivity contribution is 5.82. The van der Waals surface area contributed by atoms with Gasteiger partial charge in [-0.25, -0.2) is 9.59 Å². The summed E-state index contributed by atoms with van der Waals surface area (Å²) in [7, 11) is 1.74. The van der Waals surface area contributed by atoms with E-state index in [2.05, 4.69) is 30.0 Å². The number of aromatic nitrogens is 1. The zero-order valence-electron chi connectivity index (χ0n) is 22.7. The van der Waals surface area contributed by atoms with Crippen LogP contribution >= 0.6 is 0 Å². The third kappa shape index (κ3) is 4.50. The minimum absolute atomic E-state index is 0.0348. The van der Waals surface area contributed by atoms with Gasteiger partial charge in [-0.3, -0.25) is 9.47 Å². The predicted molar refractivity (Wildman–Crippen MR) is 147 cm³/mol. The standard InChI is InChI=1S/C31H40N3O4/c1-31(25-9-5-3-6-10-25,33-16-7-4-8-17-33)29(35)37-28-22-34(19-14-24(28)15-20-34)18-13-23-11-12-26-27(21-23)38-30(36)32(26)2/h3,5-6,9-12,21,24,28H,4,7-8,13-20,22H2,1-2H3/q+1/t24?,28-,31-,34?/m0/s1. The van der Waals surface area contributed by atoms with E-state index in [9.17, 15) is 9.59 Å². The van der Waals surface area contributed by atoms with Crippen LogP contribution in [-0.2, 0) is 28.5 Å². The Bertz CT molecular complexity index is 1350. The lowest BCUT2D eigenvalue weighted by molar-refractivity contribution is -0.946. The monoisotopic (exact) mass is 518 g/mol. The Balaban J connectivity index is 1.18. The molecule has 2 aromatic carbocycles. The molecule has 0 amide bonds. The van der Waals surface area contributed by atoms with Gasteiger partial charge in [0.2, 0.25) is 0 Å². The number of benzene rings is 2.